The standard InChI is InChI=1S/C27H20F2N4O4/c28-18-4-1-16(2-5-18)13-31-27(36)17-3-8-25(35)33(14-17)20-6-7-24(22(29)12-20)37-23-9-10-30-26-21(23)11-19(15-34)32-26/h1-12,14,34H,13,15H2,(H,30,32)(H,31,36). The van der Waals surface area contributed by atoms with Crippen LogP contribution in [-0.2, 0) is 13.2 Å². The van der Waals surface area contributed by atoms with Gasteiger partial charge in [0.15, 0.2) is 11.6 Å². The lowest BCUT2D eigenvalue weighted by molar-refractivity contribution is 0.0950. The van der Waals surface area contributed by atoms with Gasteiger partial charge in [-0.3, -0.25) is 14.2 Å². The summed E-state index contributed by atoms with van der Waals surface area (Å²) in [5.41, 5.74) is 1.66. The Labute approximate surface area is 208 Å². The molecule has 5 rings (SSSR count). The summed E-state index contributed by atoms with van der Waals surface area (Å²) in [6, 6.07) is 15.5. The van der Waals surface area contributed by atoms with Crippen LogP contribution in [0, 0.1) is 11.6 Å². The molecule has 0 aliphatic rings. The number of carbonyl (C=O) groups is 1. The van der Waals surface area contributed by atoms with Crippen LogP contribution >= 0.6 is 0 Å². The summed E-state index contributed by atoms with van der Waals surface area (Å²) in [5, 5.41) is 12.6. The molecule has 2 aromatic carbocycles. The highest BCUT2D eigenvalue weighted by molar-refractivity contribution is 5.93. The predicted molar refractivity (Wildman–Crippen MR) is 132 cm³/mol. The second-order valence-electron chi connectivity index (χ2n) is 8.18. The van der Waals surface area contributed by atoms with E-state index in [1.807, 2.05) is 0 Å². The minimum absolute atomic E-state index is 0.0794. The number of pyridine rings is 2. The van der Waals surface area contributed by atoms with Gasteiger partial charge in [0.1, 0.15) is 17.2 Å². The molecule has 0 bridgehead atoms. The van der Waals surface area contributed by atoms with Gasteiger partial charge in [-0.05, 0) is 48.0 Å². The Hall–Kier alpha value is -4.83. The third kappa shape index (κ3) is 5.09. The van der Waals surface area contributed by atoms with Crippen molar-refractivity contribution >= 4 is 16.9 Å². The van der Waals surface area contributed by atoms with Crippen LogP contribution in [0.5, 0.6) is 11.5 Å². The number of rotatable bonds is 7. The summed E-state index contributed by atoms with van der Waals surface area (Å²) >= 11 is 0. The van der Waals surface area contributed by atoms with Gasteiger partial charge in [0.2, 0.25) is 0 Å². The zero-order chi connectivity index (χ0) is 25.9. The first-order valence-corrected chi connectivity index (χ1v) is 11.2. The highest BCUT2D eigenvalue weighted by Crippen LogP contribution is 2.31. The molecule has 0 spiro atoms. The number of benzene rings is 2. The number of fused-ring (bicyclic) bond motifs is 1. The van der Waals surface area contributed by atoms with Gasteiger partial charge in [0.25, 0.3) is 11.5 Å². The number of aromatic nitrogens is 3. The summed E-state index contributed by atoms with van der Waals surface area (Å²) in [6.07, 6.45) is 2.81. The maximum absolute atomic E-state index is 15.0. The molecule has 0 radical (unpaired) electrons. The number of hydrogen-bond donors (Lipinski definition) is 3. The van der Waals surface area contributed by atoms with Gasteiger partial charge >= 0.3 is 0 Å². The van der Waals surface area contributed by atoms with Crippen LogP contribution in [0.4, 0.5) is 8.78 Å². The van der Waals surface area contributed by atoms with Crippen molar-refractivity contribution in [3.63, 3.8) is 0 Å². The molecule has 10 heteroatoms. The van der Waals surface area contributed by atoms with Gasteiger partial charge in [-0.15, -0.1) is 0 Å². The van der Waals surface area contributed by atoms with E-state index in [1.54, 1.807) is 24.3 Å². The van der Waals surface area contributed by atoms with E-state index in [0.29, 0.717) is 28.0 Å². The minimum atomic E-state index is -0.724. The van der Waals surface area contributed by atoms with Gasteiger partial charge in [-0.1, -0.05) is 12.1 Å². The Morgan fingerprint density at radius 3 is 2.59 bits per heavy atom. The van der Waals surface area contributed by atoms with Crippen LogP contribution in [0.3, 0.4) is 0 Å². The first-order chi connectivity index (χ1) is 17.9. The van der Waals surface area contributed by atoms with Crippen molar-refractivity contribution in [1.29, 1.82) is 0 Å². The van der Waals surface area contributed by atoms with Gasteiger partial charge in [0, 0.05) is 36.8 Å². The van der Waals surface area contributed by atoms with Crippen molar-refractivity contribution in [3.05, 3.63) is 118 Å². The van der Waals surface area contributed by atoms with Gasteiger partial charge in [0.05, 0.1) is 23.2 Å². The number of H-pyrrole nitrogens is 1. The summed E-state index contributed by atoms with van der Waals surface area (Å²) < 4.78 is 35.0. The monoisotopic (exact) mass is 502 g/mol. The molecule has 0 unspecified atom stereocenters. The van der Waals surface area contributed by atoms with Crippen LogP contribution in [-0.4, -0.2) is 25.5 Å². The van der Waals surface area contributed by atoms with Crippen molar-refractivity contribution in [2.24, 2.45) is 0 Å². The van der Waals surface area contributed by atoms with Crippen LogP contribution in [0.2, 0.25) is 0 Å². The van der Waals surface area contributed by atoms with Crippen LogP contribution < -0.4 is 15.6 Å². The molecule has 0 atom stereocenters. The topological polar surface area (TPSA) is 109 Å². The quantitative estimate of drug-likeness (QED) is 0.309. The number of halogens is 2. The number of hydrogen-bond acceptors (Lipinski definition) is 5. The maximum atomic E-state index is 15.0. The van der Waals surface area contributed by atoms with Gasteiger partial charge in [-0.2, -0.15) is 0 Å². The third-order valence-corrected chi connectivity index (χ3v) is 5.67. The van der Waals surface area contributed by atoms with Crippen molar-refractivity contribution in [2.75, 3.05) is 0 Å². The van der Waals surface area contributed by atoms with E-state index < -0.39 is 17.3 Å². The maximum Gasteiger partial charge on any atom is 0.255 e. The first-order valence-electron chi connectivity index (χ1n) is 11.2. The Bertz CT molecular complexity index is 1660. The van der Waals surface area contributed by atoms with E-state index in [2.05, 4.69) is 15.3 Å². The van der Waals surface area contributed by atoms with Gasteiger partial charge < -0.3 is 20.1 Å². The number of aliphatic hydroxyl groups excluding tert-OH is 1. The molecular weight excluding hydrogens is 482 g/mol. The average Bonchev–Trinajstić information content (AvgIpc) is 3.34. The predicted octanol–water partition coefficient (Wildman–Crippen LogP) is 4.21. The third-order valence-electron chi connectivity index (χ3n) is 5.67. The zero-order valence-electron chi connectivity index (χ0n) is 19.2. The summed E-state index contributed by atoms with van der Waals surface area (Å²) in [6.45, 7) is -0.0426. The molecule has 37 heavy (non-hydrogen) atoms. The van der Waals surface area contributed by atoms with Crippen LogP contribution in [0.15, 0.2) is 83.9 Å². The number of aromatic amines is 1. The molecular formula is C27H20F2N4O4. The van der Waals surface area contributed by atoms with Crippen LogP contribution in [0.1, 0.15) is 21.6 Å². The van der Waals surface area contributed by atoms with Crippen molar-refractivity contribution in [1.82, 2.24) is 19.9 Å². The van der Waals surface area contributed by atoms with E-state index in [4.69, 9.17) is 4.74 Å². The Balaban J connectivity index is 1.37. The molecule has 3 N–H and O–H groups in total. The SMILES string of the molecule is O=C(NCc1ccc(F)cc1)c1ccc(=O)n(-c2ccc(Oc3ccnc4[nH]c(CO)cc34)c(F)c2)c1. The number of nitrogens with one attached hydrogen (secondary N) is 2. The Morgan fingerprint density at radius 2 is 1.84 bits per heavy atom. The molecule has 0 fully saturated rings. The molecule has 8 nitrogen and oxygen atoms in total. The molecule has 0 aliphatic heterocycles. The molecule has 1 amide bonds. The van der Waals surface area contributed by atoms with E-state index in [9.17, 15) is 19.1 Å². The second kappa shape index (κ2) is 10.0. The lowest BCUT2D eigenvalue weighted by atomic mass is 10.2. The number of nitrogens with zero attached hydrogens (tertiary/aromatic N) is 2. The highest BCUT2D eigenvalue weighted by Gasteiger charge is 2.14. The number of carbonyl (C=O) groups excluding carboxylic acids is 1. The van der Waals surface area contributed by atoms with Crippen LogP contribution in [0.25, 0.3) is 16.7 Å². The smallest absolute Gasteiger partial charge is 0.255 e. The lowest BCUT2D eigenvalue weighted by Gasteiger charge is -2.12. The fourth-order valence-electron chi connectivity index (χ4n) is 3.78. The molecule has 186 valence electrons. The van der Waals surface area contributed by atoms with Gasteiger partial charge in [-0.25, -0.2) is 13.8 Å². The summed E-state index contributed by atoms with van der Waals surface area (Å²) in [7, 11) is 0. The highest BCUT2D eigenvalue weighted by atomic mass is 19.1. The summed E-state index contributed by atoms with van der Waals surface area (Å²) in [4.78, 5) is 32.2. The first kappa shape index (κ1) is 23.9. The lowest BCUT2D eigenvalue weighted by Crippen LogP contribution is -2.25. The van der Waals surface area contributed by atoms with E-state index in [1.165, 1.54) is 48.8 Å². The molecule has 0 saturated carbocycles. The fourth-order valence-corrected chi connectivity index (χ4v) is 3.78. The fraction of sp³-hybridized carbons (Fsp3) is 0.0741. The number of amides is 1. The molecule has 5 aromatic rings. The van der Waals surface area contributed by atoms with E-state index >= 15 is 4.39 Å². The summed E-state index contributed by atoms with van der Waals surface area (Å²) in [5.74, 6) is -1.29. The second-order valence-corrected chi connectivity index (χ2v) is 8.18. The molecule has 3 heterocycles. The largest absolute Gasteiger partial charge is 0.453 e. The number of ether oxygens (including phenoxy) is 1. The number of aliphatic hydroxyl groups is 1. The molecule has 0 aliphatic carbocycles. The van der Waals surface area contributed by atoms with Crippen molar-refractivity contribution in [2.45, 2.75) is 13.2 Å². The van der Waals surface area contributed by atoms with E-state index in [-0.39, 0.29) is 36.0 Å². The van der Waals surface area contributed by atoms with Crippen molar-refractivity contribution < 1.29 is 23.4 Å². The minimum Gasteiger partial charge on any atom is -0.453 e. The average molecular weight is 502 g/mol. The van der Waals surface area contributed by atoms with Crippen molar-refractivity contribution in [3.8, 4) is 17.2 Å². The molecule has 0 saturated heterocycles. The Morgan fingerprint density at radius 1 is 1.03 bits per heavy atom. The molecule has 3 aromatic heterocycles. The Kier molecular flexibility index (Phi) is 6.48. The zero-order valence-corrected chi connectivity index (χ0v) is 19.2. The normalized spacial score (nSPS) is 11.0. The van der Waals surface area contributed by atoms with E-state index in [0.717, 1.165) is 10.6 Å².